The van der Waals surface area contributed by atoms with Gasteiger partial charge in [-0.2, -0.15) is 0 Å². The van der Waals surface area contributed by atoms with Crippen molar-refractivity contribution in [3.05, 3.63) is 51.8 Å². The molecular weight excluding hydrogens is 266 g/mol. The van der Waals surface area contributed by atoms with Crippen molar-refractivity contribution in [3.8, 4) is 0 Å². The molecule has 100 valence electrons. The Hall–Kier alpha value is -1.86. The standard InChI is InChI=1S/C12H13N3O3S/c1-19-12-13-6-11(8-16)14(12)7-9-2-4-10(5-3-9)15(17)18/h2-6,16H,7-8H2,1H3. The Morgan fingerprint density at radius 2 is 2.11 bits per heavy atom. The molecule has 1 aromatic heterocycles. The molecule has 1 heterocycles. The predicted octanol–water partition coefficient (Wildman–Crippen LogP) is 2.05. The number of nitrogens with zero attached hydrogens (tertiary/aromatic N) is 3. The lowest BCUT2D eigenvalue weighted by atomic mass is 10.2. The third-order valence-corrected chi connectivity index (χ3v) is 3.42. The van der Waals surface area contributed by atoms with E-state index in [9.17, 15) is 15.2 Å². The molecule has 0 saturated heterocycles. The molecule has 7 heteroatoms. The second-order valence-corrected chi connectivity index (χ2v) is 4.68. The fourth-order valence-electron chi connectivity index (χ4n) is 1.76. The van der Waals surface area contributed by atoms with Crippen LogP contribution in [0.25, 0.3) is 0 Å². The number of hydrogen-bond acceptors (Lipinski definition) is 5. The zero-order chi connectivity index (χ0) is 13.8. The first-order chi connectivity index (χ1) is 9.15. The summed E-state index contributed by atoms with van der Waals surface area (Å²) < 4.78 is 1.89. The molecule has 0 amide bonds. The first kappa shape index (κ1) is 13.6. The largest absolute Gasteiger partial charge is 0.390 e. The first-order valence-electron chi connectivity index (χ1n) is 5.58. The second kappa shape index (κ2) is 5.85. The number of thioether (sulfide) groups is 1. The molecule has 0 spiro atoms. The third-order valence-electron chi connectivity index (χ3n) is 2.73. The summed E-state index contributed by atoms with van der Waals surface area (Å²) in [6, 6.07) is 6.38. The van der Waals surface area contributed by atoms with Crippen LogP contribution < -0.4 is 0 Å². The number of aliphatic hydroxyl groups is 1. The molecule has 0 aliphatic heterocycles. The molecule has 1 N–H and O–H groups in total. The van der Waals surface area contributed by atoms with Crippen molar-refractivity contribution in [2.75, 3.05) is 6.26 Å². The normalized spacial score (nSPS) is 10.6. The van der Waals surface area contributed by atoms with Crippen LogP contribution in [0.15, 0.2) is 35.6 Å². The number of benzene rings is 1. The van der Waals surface area contributed by atoms with Gasteiger partial charge in [0.05, 0.1) is 23.4 Å². The quantitative estimate of drug-likeness (QED) is 0.514. The Kier molecular flexibility index (Phi) is 4.18. The van der Waals surface area contributed by atoms with Gasteiger partial charge < -0.3 is 9.67 Å². The SMILES string of the molecule is CSc1ncc(CO)n1Cc1ccc([N+](=O)[O-])cc1. The molecule has 0 bridgehead atoms. The highest BCUT2D eigenvalue weighted by Crippen LogP contribution is 2.19. The zero-order valence-corrected chi connectivity index (χ0v) is 11.1. The summed E-state index contributed by atoms with van der Waals surface area (Å²) in [5.74, 6) is 0. The smallest absolute Gasteiger partial charge is 0.269 e. The average Bonchev–Trinajstić information content (AvgIpc) is 2.81. The van der Waals surface area contributed by atoms with Gasteiger partial charge >= 0.3 is 0 Å². The minimum Gasteiger partial charge on any atom is -0.390 e. The number of aliphatic hydroxyl groups excluding tert-OH is 1. The second-order valence-electron chi connectivity index (χ2n) is 3.90. The van der Waals surface area contributed by atoms with E-state index in [-0.39, 0.29) is 12.3 Å². The molecule has 6 nitrogen and oxygen atoms in total. The highest BCUT2D eigenvalue weighted by atomic mass is 32.2. The molecule has 0 aliphatic carbocycles. The molecule has 0 radical (unpaired) electrons. The summed E-state index contributed by atoms with van der Waals surface area (Å²) in [5, 5.41) is 20.7. The monoisotopic (exact) mass is 279 g/mol. The van der Waals surface area contributed by atoms with E-state index in [2.05, 4.69) is 4.98 Å². The van der Waals surface area contributed by atoms with Crippen molar-refractivity contribution >= 4 is 17.4 Å². The van der Waals surface area contributed by atoms with Crippen LogP contribution in [0.2, 0.25) is 0 Å². The topological polar surface area (TPSA) is 81.2 Å². The Bertz CT molecular complexity index is 559. The predicted molar refractivity (Wildman–Crippen MR) is 72.1 cm³/mol. The number of non-ortho nitro benzene ring substituents is 1. The van der Waals surface area contributed by atoms with Gasteiger partial charge in [0.25, 0.3) is 5.69 Å². The average molecular weight is 279 g/mol. The minimum absolute atomic E-state index is 0.0712. The number of rotatable bonds is 5. The van der Waals surface area contributed by atoms with Gasteiger partial charge in [-0.3, -0.25) is 10.1 Å². The van der Waals surface area contributed by atoms with E-state index in [0.29, 0.717) is 6.54 Å². The van der Waals surface area contributed by atoms with E-state index in [4.69, 9.17) is 0 Å². The van der Waals surface area contributed by atoms with Gasteiger partial charge in [0.15, 0.2) is 5.16 Å². The van der Waals surface area contributed by atoms with Crippen LogP contribution in [-0.4, -0.2) is 25.8 Å². The molecule has 2 rings (SSSR count). The van der Waals surface area contributed by atoms with Gasteiger partial charge in [0, 0.05) is 18.7 Å². The van der Waals surface area contributed by atoms with Crippen molar-refractivity contribution in [3.63, 3.8) is 0 Å². The van der Waals surface area contributed by atoms with Crippen molar-refractivity contribution in [2.24, 2.45) is 0 Å². The summed E-state index contributed by atoms with van der Waals surface area (Å²) in [4.78, 5) is 14.4. The van der Waals surface area contributed by atoms with Gasteiger partial charge in [-0.05, 0) is 11.8 Å². The first-order valence-corrected chi connectivity index (χ1v) is 6.80. The maximum Gasteiger partial charge on any atom is 0.269 e. The highest BCUT2D eigenvalue weighted by Gasteiger charge is 2.10. The zero-order valence-electron chi connectivity index (χ0n) is 10.3. The van der Waals surface area contributed by atoms with E-state index < -0.39 is 4.92 Å². The van der Waals surface area contributed by atoms with Gasteiger partial charge in [0.2, 0.25) is 0 Å². The van der Waals surface area contributed by atoms with E-state index in [1.54, 1.807) is 18.3 Å². The van der Waals surface area contributed by atoms with Gasteiger partial charge in [-0.25, -0.2) is 4.98 Å². The molecule has 2 aromatic rings. The number of nitro groups is 1. The third kappa shape index (κ3) is 2.94. The van der Waals surface area contributed by atoms with Gasteiger partial charge in [-0.1, -0.05) is 23.9 Å². The number of aromatic nitrogens is 2. The molecule has 1 aromatic carbocycles. The van der Waals surface area contributed by atoms with Crippen LogP contribution in [0.1, 0.15) is 11.3 Å². The lowest BCUT2D eigenvalue weighted by Crippen LogP contribution is -2.05. The molecule has 0 fully saturated rings. The summed E-state index contributed by atoms with van der Waals surface area (Å²) in [5.41, 5.74) is 1.72. The number of nitro benzene ring substituents is 1. The Balaban J connectivity index is 2.25. The summed E-state index contributed by atoms with van der Waals surface area (Å²) in [7, 11) is 0. The molecule has 0 aliphatic rings. The molecule has 0 unspecified atom stereocenters. The van der Waals surface area contributed by atoms with Crippen LogP contribution in [0.3, 0.4) is 0 Å². The van der Waals surface area contributed by atoms with Gasteiger partial charge in [-0.15, -0.1) is 0 Å². The van der Waals surface area contributed by atoms with Crippen LogP contribution in [0.4, 0.5) is 5.69 Å². The molecule has 19 heavy (non-hydrogen) atoms. The van der Waals surface area contributed by atoms with E-state index in [1.165, 1.54) is 23.9 Å². The van der Waals surface area contributed by atoms with Crippen molar-refractivity contribution < 1.29 is 10.0 Å². The lowest BCUT2D eigenvalue weighted by molar-refractivity contribution is -0.384. The van der Waals surface area contributed by atoms with E-state index in [1.807, 2.05) is 10.8 Å². The Morgan fingerprint density at radius 3 is 2.63 bits per heavy atom. The van der Waals surface area contributed by atoms with Gasteiger partial charge in [0.1, 0.15) is 0 Å². The Labute approximate surface area is 114 Å². The van der Waals surface area contributed by atoms with E-state index in [0.717, 1.165) is 16.4 Å². The lowest BCUT2D eigenvalue weighted by Gasteiger charge is -2.09. The van der Waals surface area contributed by atoms with E-state index >= 15 is 0 Å². The highest BCUT2D eigenvalue weighted by molar-refractivity contribution is 7.98. The van der Waals surface area contributed by atoms with Crippen molar-refractivity contribution in [1.29, 1.82) is 0 Å². The minimum atomic E-state index is -0.423. The maximum absolute atomic E-state index is 10.6. The fourth-order valence-corrected chi connectivity index (χ4v) is 2.32. The van der Waals surface area contributed by atoms with Crippen molar-refractivity contribution in [2.45, 2.75) is 18.3 Å². The summed E-state index contributed by atoms with van der Waals surface area (Å²) in [6.07, 6.45) is 3.55. The number of imidazole rings is 1. The van der Waals surface area contributed by atoms with Crippen LogP contribution in [-0.2, 0) is 13.2 Å². The Morgan fingerprint density at radius 1 is 1.42 bits per heavy atom. The number of hydrogen-bond donors (Lipinski definition) is 1. The molecular formula is C12H13N3O3S. The van der Waals surface area contributed by atoms with Crippen molar-refractivity contribution in [1.82, 2.24) is 9.55 Å². The maximum atomic E-state index is 10.6. The van der Waals surface area contributed by atoms with Crippen LogP contribution >= 0.6 is 11.8 Å². The molecule has 0 saturated carbocycles. The van der Waals surface area contributed by atoms with Crippen LogP contribution in [0, 0.1) is 10.1 Å². The fraction of sp³-hybridized carbons (Fsp3) is 0.250. The molecule has 0 atom stereocenters. The summed E-state index contributed by atoms with van der Waals surface area (Å²) >= 11 is 1.49. The summed E-state index contributed by atoms with van der Waals surface area (Å²) in [6.45, 7) is 0.449. The van der Waals surface area contributed by atoms with Crippen LogP contribution in [0.5, 0.6) is 0 Å².